The summed E-state index contributed by atoms with van der Waals surface area (Å²) < 4.78 is 5.41. The molecule has 1 heterocycles. The molecule has 0 radical (unpaired) electrons. The number of aliphatic carboxylic acids is 1. The normalized spacial score (nSPS) is 12.1. The van der Waals surface area contributed by atoms with E-state index in [1.807, 2.05) is 0 Å². The second-order valence-electron chi connectivity index (χ2n) is 3.00. The number of amides is 1. The van der Waals surface area contributed by atoms with E-state index in [-0.39, 0.29) is 18.7 Å². The van der Waals surface area contributed by atoms with Crippen molar-refractivity contribution in [3.05, 3.63) is 22.6 Å². The maximum absolute atomic E-state index is 11.4. The van der Waals surface area contributed by atoms with Crippen LogP contribution in [-0.4, -0.2) is 34.7 Å². The van der Waals surface area contributed by atoms with Gasteiger partial charge in [0.05, 0.1) is 0 Å². The summed E-state index contributed by atoms with van der Waals surface area (Å²) in [6, 6.07) is 3.05. The molecular formula is C9H10BrNO5. The average molecular weight is 292 g/mol. The molecule has 16 heavy (non-hydrogen) atoms. The van der Waals surface area contributed by atoms with Crippen LogP contribution in [0.3, 0.4) is 0 Å². The van der Waals surface area contributed by atoms with Gasteiger partial charge < -0.3 is 19.9 Å². The molecule has 0 aliphatic heterocycles. The second kappa shape index (κ2) is 5.66. The number of halogens is 1. The Morgan fingerprint density at radius 1 is 1.50 bits per heavy atom. The first-order chi connectivity index (χ1) is 7.50. The lowest BCUT2D eigenvalue weighted by atomic mass is 10.2. The van der Waals surface area contributed by atoms with Crippen LogP contribution >= 0.6 is 15.9 Å². The molecule has 0 saturated carbocycles. The highest BCUT2D eigenvalue weighted by Gasteiger charge is 2.14. The molecule has 88 valence electrons. The summed E-state index contributed by atoms with van der Waals surface area (Å²) >= 11 is 3.05. The predicted molar refractivity (Wildman–Crippen MR) is 57.0 cm³/mol. The highest BCUT2D eigenvalue weighted by Crippen LogP contribution is 2.13. The molecule has 0 aromatic carbocycles. The van der Waals surface area contributed by atoms with Crippen molar-refractivity contribution >= 4 is 27.8 Å². The summed E-state index contributed by atoms with van der Waals surface area (Å²) in [7, 11) is 0. The van der Waals surface area contributed by atoms with Gasteiger partial charge in [-0.1, -0.05) is 0 Å². The standard InChI is InChI=1S/C9H10BrNO5/c10-7-2-1-6(16-7)8(13)11-4-3-5(12)9(14)15/h1-2,5,12H,3-4H2,(H,11,13)(H,14,15). The van der Waals surface area contributed by atoms with Crippen molar-refractivity contribution in [1.82, 2.24) is 5.32 Å². The Morgan fingerprint density at radius 2 is 2.19 bits per heavy atom. The van der Waals surface area contributed by atoms with Gasteiger partial charge in [-0.15, -0.1) is 0 Å². The molecule has 0 bridgehead atoms. The number of furan rings is 1. The fourth-order valence-electron chi connectivity index (χ4n) is 0.969. The fourth-order valence-corrected chi connectivity index (χ4v) is 1.28. The van der Waals surface area contributed by atoms with E-state index in [1.54, 1.807) is 6.07 Å². The smallest absolute Gasteiger partial charge is 0.332 e. The third-order valence-corrected chi connectivity index (χ3v) is 2.21. The summed E-state index contributed by atoms with van der Waals surface area (Å²) in [6.45, 7) is 0.0601. The lowest BCUT2D eigenvalue weighted by Crippen LogP contribution is -2.29. The van der Waals surface area contributed by atoms with Crippen LogP contribution in [0.4, 0.5) is 0 Å². The minimum atomic E-state index is -1.47. The van der Waals surface area contributed by atoms with Crippen LogP contribution in [0.1, 0.15) is 17.0 Å². The highest BCUT2D eigenvalue weighted by atomic mass is 79.9. The van der Waals surface area contributed by atoms with Crippen molar-refractivity contribution in [2.24, 2.45) is 0 Å². The zero-order chi connectivity index (χ0) is 12.1. The van der Waals surface area contributed by atoms with Gasteiger partial charge in [-0.05, 0) is 28.1 Å². The maximum atomic E-state index is 11.4. The molecular weight excluding hydrogens is 282 g/mol. The number of carbonyl (C=O) groups excluding carboxylic acids is 1. The van der Waals surface area contributed by atoms with E-state index < -0.39 is 18.0 Å². The van der Waals surface area contributed by atoms with Gasteiger partial charge in [-0.3, -0.25) is 4.79 Å². The van der Waals surface area contributed by atoms with E-state index in [0.717, 1.165) is 0 Å². The largest absolute Gasteiger partial charge is 0.479 e. The number of hydrogen-bond acceptors (Lipinski definition) is 4. The fraction of sp³-hybridized carbons (Fsp3) is 0.333. The molecule has 1 aromatic heterocycles. The van der Waals surface area contributed by atoms with Gasteiger partial charge in [0.25, 0.3) is 5.91 Å². The molecule has 0 fully saturated rings. The molecule has 7 heteroatoms. The number of aliphatic hydroxyl groups is 1. The first-order valence-corrected chi connectivity index (χ1v) is 5.24. The van der Waals surface area contributed by atoms with E-state index in [9.17, 15) is 9.59 Å². The summed E-state index contributed by atoms with van der Waals surface area (Å²) in [4.78, 5) is 21.6. The van der Waals surface area contributed by atoms with Crippen molar-refractivity contribution in [1.29, 1.82) is 0 Å². The Balaban J connectivity index is 2.34. The first kappa shape index (κ1) is 12.7. The summed E-state index contributed by atoms with van der Waals surface area (Å²) in [5, 5.41) is 19.7. The molecule has 6 nitrogen and oxygen atoms in total. The minimum absolute atomic E-state index is 0.0526. The van der Waals surface area contributed by atoms with Gasteiger partial charge in [0.15, 0.2) is 16.5 Å². The quantitative estimate of drug-likeness (QED) is 0.738. The van der Waals surface area contributed by atoms with Gasteiger partial charge in [-0.25, -0.2) is 4.79 Å². The topological polar surface area (TPSA) is 99.8 Å². The number of nitrogens with one attached hydrogen (secondary N) is 1. The van der Waals surface area contributed by atoms with Gasteiger partial charge >= 0.3 is 5.97 Å². The van der Waals surface area contributed by atoms with Gasteiger partial charge in [-0.2, -0.15) is 0 Å². The Morgan fingerprint density at radius 3 is 2.69 bits per heavy atom. The lowest BCUT2D eigenvalue weighted by molar-refractivity contribution is -0.146. The third kappa shape index (κ3) is 3.67. The van der Waals surface area contributed by atoms with Crippen LogP contribution in [0, 0.1) is 0 Å². The monoisotopic (exact) mass is 291 g/mol. The number of carbonyl (C=O) groups is 2. The first-order valence-electron chi connectivity index (χ1n) is 4.45. The maximum Gasteiger partial charge on any atom is 0.332 e. The Kier molecular flexibility index (Phi) is 4.51. The Hall–Kier alpha value is -1.34. The van der Waals surface area contributed by atoms with Crippen LogP contribution < -0.4 is 5.32 Å². The molecule has 1 atom stereocenters. The highest BCUT2D eigenvalue weighted by molar-refractivity contribution is 9.10. The van der Waals surface area contributed by atoms with Gasteiger partial charge in [0.2, 0.25) is 0 Å². The third-order valence-electron chi connectivity index (χ3n) is 1.79. The summed E-state index contributed by atoms with van der Waals surface area (Å²) in [5.41, 5.74) is 0. The SMILES string of the molecule is O=C(NCCC(O)C(=O)O)c1ccc(Br)o1. The number of carboxylic acid groups (broad SMARTS) is 1. The van der Waals surface area contributed by atoms with E-state index in [4.69, 9.17) is 14.6 Å². The Labute approximate surface area is 99.4 Å². The van der Waals surface area contributed by atoms with E-state index in [2.05, 4.69) is 21.2 Å². The van der Waals surface area contributed by atoms with Crippen molar-refractivity contribution in [3.63, 3.8) is 0 Å². The number of carboxylic acids is 1. The molecule has 1 aromatic rings. The van der Waals surface area contributed by atoms with Crippen LogP contribution in [-0.2, 0) is 4.79 Å². The zero-order valence-corrected chi connectivity index (χ0v) is 9.73. The van der Waals surface area contributed by atoms with Crippen LogP contribution in [0.15, 0.2) is 21.2 Å². The predicted octanol–water partition coefficient (Wildman–Crippen LogP) is 0.607. The average Bonchev–Trinajstić information content (AvgIpc) is 2.64. The van der Waals surface area contributed by atoms with E-state index in [0.29, 0.717) is 4.67 Å². The second-order valence-corrected chi connectivity index (χ2v) is 3.78. The summed E-state index contributed by atoms with van der Waals surface area (Å²) in [6.07, 6.45) is -1.52. The summed E-state index contributed by atoms with van der Waals surface area (Å²) in [5.74, 6) is -1.64. The number of aliphatic hydroxyl groups excluding tert-OH is 1. The zero-order valence-electron chi connectivity index (χ0n) is 8.14. The van der Waals surface area contributed by atoms with Crippen LogP contribution in [0.5, 0.6) is 0 Å². The number of hydrogen-bond donors (Lipinski definition) is 3. The lowest BCUT2D eigenvalue weighted by Gasteiger charge is -2.05. The van der Waals surface area contributed by atoms with Gasteiger partial charge in [0, 0.05) is 13.0 Å². The minimum Gasteiger partial charge on any atom is -0.479 e. The molecule has 0 spiro atoms. The van der Waals surface area contributed by atoms with Crippen molar-refractivity contribution in [2.75, 3.05) is 6.54 Å². The van der Waals surface area contributed by atoms with Crippen molar-refractivity contribution in [2.45, 2.75) is 12.5 Å². The molecule has 1 amide bonds. The Bertz CT molecular complexity index is 389. The molecule has 1 rings (SSSR count). The van der Waals surface area contributed by atoms with E-state index in [1.165, 1.54) is 6.07 Å². The molecule has 1 unspecified atom stereocenters. The van der Waals surface area contributed by atoms with Gasteiger partial charge in [0.1, 0.15) is 0 Å². The molecule has 0 saturated heterocycles. The van der Waals surface area contributed by atoms with Crippen molar-refractivity contribution < 1.29 is 24.2 Å². The molecule has 0 aliphatic rings. The van der Waals surface area contributed by atoms with Crippen LogP contribution in [0.25, 0.3) is 0 Å². The van der Waals surface area contributed by atoms with Crippen LogP contribution in [0.2, 0.25) is 0 Å². The van der Waals surface area contributed by atoms with E-state index >= 15 is 0 Å². The van der Waals surface area contributed by atoms with Crippen molar-refractivity contribution in [3.8, 4) is 0 Å². The molecule has 3 N–H and O–H groups in total. The number of rotatable bonds is 5. The molecule has 0 aliphatic carbocycles.